The zero-order valence-corrected chi connectivity index (χ0v) is 19.0. The Morgan fingerprint density at radius 3 is 2.27 bits per heavy atom. The van der Waals surface area contributed by atoms with E-state index in [2.05, 4.69) is 10.1 Å². The molecule has 1 saturated heterocycles. The maximum Gasteiger partial charge on any atom is 0.259 e. The summed E-state index contributed by atoms with van der Waals surface area (Å²) in [6.45, 7) is 9.72. The molecule has 1 aliphatic rings. The van der Waals surface area contributed by atoms with Crippen molar-refractivity contribution in [3.63, 3.8) is 0 Å². The zero-order valence-electron chi connectivity index (χ0n) is 17.5. The van der Waals surface area contributed by atoms with Crippen LogP contribution in [0.3, 0.4) is 0 Å². The molecule has 1 aromatic heterocycles. The lowest BCUT2D eigenvalue weighted by molar-refractivity contribution is -0.132. The molecule has 0 spiro atoms. The minimum atomic E-state index is -0.172. The monoisotopic (exact) mass is 452 g/mol. The number of rotatable bonds is 6. The Balaban J connectivity index is 1.72. The number of amides is 2. The Morgan fingerprint density at radius 2 is 1.70 bits per heavy atom. The Bertz CT molecular complexity index is 899. The molecule has 0 N–H and O–H groups in total. The van der Waals surface area contributed by atoms with Crippen LogP contribution in [0.4, 0.5) is 0 Å². The number of aromatic nitrogens is 1. The molecule has 0 radical (unpaired) electrons. The molecule has 9 heteroatoms. The van der Waals surface area contributed by atoms with E-state index in [0.29, 0.717) is 78.4 Å². The molecule has 0 unspecified atom stereocenters. The summed E-state index contributed by atoms with van der Waals surface area (Å²) in [5.41, 5.74) is 1.22. The van der Waals surface area contributed by atoms with Gasteiger partial charge in [0.25, 0.3) is 5.91 Å². The molecule has 2 aromatic rings. The highest BCUT2D eigenvalue weighted by molar-refractivity contribution is 6.39. The molecule has 7 nitrogen and oxygen atoms in total. The third-order valence-corrected chi connectivity index (χ3v) is 6.04. The maximum atomic E-state index is 13.3. The van der Waals surface area contributed by atoms with Crippen molar-refractivity contribution in [2.75, 3.05) is 45.8 Å². The summed E-state index contributed by atoms with van der Waals surface area (Å²) in [7, 11) is 0. The molecule has 0 saturated carbocycles. The number of hydrogen-bond donors (Lipinski definition) is 0. The van der Waals surface area contributed by atoms with Crippen LogP contribution in [0.1, 0.15) is 30.0 Å². The number of halogens is 2. The van der Waals surface area contributed by atoms with Gasteiger partial charge < -0.3 is 14.3 Å². The maximum absolute atomic E-state index is 13.3. The second-order valence-electron chi connectivity index (χ2n) is 7.19. The van der Waals surface area contributed by atoms with Crippen LogP contribution in [0.15, 0.2) is 22.7 Å². The summed E-state index contributed by atoms with van der Waals surface area (Å²) in [6, 6.07) is 5.14. The minimum absolute atomic E-state index is 0.116. The second kappa shape index (κ2) is 9.81. The van der Waals surface area contributed by atoms with Crippen LogP contribution in [0.2, 0.25) is 10.0 Å². The quantitative estimate of drug-likeness (QED) is 0.669. The first-order chi connectivity index (χ1) is 14.4. The number of carbonyl (C=O) groups excluding carboxylic acids is 2. The van der Waals surface area contributed by atoms with Gasteiger partial charge >= 0.3 is 0 Å². The van der Waals surface area contributed by atoms with Crippen LogP contribution in [0, 0.1) is 6.92 Å². The summed E-state index contributed by atoms with van der Waals surface area (Å²) < 4.78 is 5.32. The minimum Gasteiger partial charge on any atom is -0.360 e. The van der Waals surface area contributed by atoms with Crippen LogP contribution >= 0.6 is 23.2 Å². The van der Waals surface area contributed by atoms with Crippen LogP contribution in [0.5, 0.6) is 0 Å². The molecule has 1 aliphatic heterocycles. The number of hydrogen-bond acceptors (Lipinski definition) is 5. The lowest BCUT2D eigenvalue weighted by Gasteiger charge is -2.35. The molecule has 2 amide bonds. The molecule has 1 aromatic carbocycles. The van der Waals surface area contributed by atoms with Gasteiger partial charge in [-0.2, -0.15) is 0 Å². The van der Waals surface area contributed by atoms with Gasteiger partial charge in [-0.05, 0) is 32.9 Å². The summed E-state index contributed by atoms with van der Waals surface area (Å²) in [6.07, 6.45) is 0. The first-order valence-corrected chi connectivity index (χ1v) is 10.8. The van der Waals surface area contributed by atoms with Gasteiger partial charge in [-0.25, -0.2) is 0 Å². The van der Waals surface area contributed by atoms with Crippen LogP contribution < -0.4 is 0 Å². The summed E-state index contributed by atoms with van der Waals surface area (Å²) in [5.74, 6) is 0.366. The molecule has 2 heterocycles. The Hall–Kier alpha value is -2.09. The van der Waals surface area contributed by atoms with Crippen molar-refractivity contribution >= 4 is 35.0 Å². The predicted octanol–water partition coefficient (Wildman–Crippen LogP) is 3.58. The molecule has 30 heavy (non-hydrogen) atoms. The van der Waals surface area contributed by atoms with Crippen LogP contribution in [0.25, 0.3) is 11.3 Å². The molecule has 0 atom stereocenters. The second-order valence-corrected chi connectivity index (χ2v) is 8.01. The van der Waals surface area contributed by atoms with Crippen LogP contribution in [-0.2, 0) is 4.79 Å². The fraction of sp³-hybridized carbons (Fsp3) is 0.476. The number of piperazine rings is 1. The van der Waals surface area contributed by atoms with Crippen molar-refractivity contribution in [3.05, 3.63) is 39.6 Å². The average Bonchev–Trinajstić information content (AvgIpc) is 3.10. The first kappa shape index (κ1) is 22.6. The largest absolute Gasteiger partial charge is 0.360 e. The normalized spacial score (nSPS) is 14.8. The molecule has 3 rings (SSSR count). The van der Waals surface area contributed by atoms with E-state index in [-0.39, 0.29) is 11.8 Å². The van der Waals surface area contributed by atoms with Gasteiger partial charge in [0, 0.05) is 44.8 Å². The van der Waals surface area contributed by atoms with Gasteiger partial charge in [-0.15, -0.1) is 0 Å². The number of carbonyl (C=O) groups is 2. The van der Waals surface area contributed by atoms with E-state index in [1.54, 1.807) is 30.0 Å². The standard InChI is InChI=1S/C21H26Cl2N4O3/c1-4-26(5-2)17(28)13-25-9-11-27(12-10-25)21(29)18-14(3)30-24-20(18)19-15(22)7-6-8-16(19)23/h6-8H,4-5,9-13H2,1-3H3. The van der Waals surface area contributed by atoms with Gasteiger partial charge in [-0.3, -0.25) is 14.5 Å². The number of benzene rings is 1. The Kier molecular flexibility index (Phi) is 7.39. The summed E-state index contributed by atoms with van der Waals surface area (Å²) in [4.78, 5) is 31.3. The summed E-state index contributed by atoms with van der Waals surface area (Å²) >= 11 is 12.6. The topological polar surface area (TPSA) is 69.9 Å². The van der Waals surface area contributed by atoms with Crippen LogP contribution in [-0.4, -0.2) is 77.5 Å². The lowest BCUT2D eigenvalue weighted by atomic mass is 10.0. The molecular formula is C21H26Cl2N4O3. The van der Waals surface area contributed by atoms with Gasteiger partial charge in [0.2, 0.25) is 5.91 Å². The smallest absolute Gasteiger partial charge is 0.259 e. The van der Waals surface area contributed by atoms with Crippen molar-refractivity contribution in [2.45, 2.75) is 20.8 Å². The van der Waals surface area contributed by atoms with Crippen molar-refractivity contribution in [2.24, 2.45) is 0 Å². The molecule has 162 valence electrons. The number of aryl methyl sites for hydroxylation is 1. The highest BCUT2D eigenvalue weighted by atomic mass is 35.5. The molecule has 0 bridgehead atoms. The SMILES string of the molecule is CCN(CC)C(=O)CN1CCN(C(=O)c2c(-c3c(Cl)cccc3Cl)noc2C)CC1. The van der Waals surface area contributed by atoms with E-state index in [1.165, 1.54) is 0 Å². The van der Waals surface area contributed by atoms with E-state index in [0.717, 1.165) is 0 Å². The molecule has 0 aliphatic carbocycles. The highest BCUT2D eigenvalue weighted by Crippen LogP contribution is 2.37. The fourth-order valence-electron chi connectivity index (χ4n) is 3.65. The van der Waals surface area contributed by atoms with Gasteiger partial charge in [-0.1, -0.05) is 34.4 Å². The van der Waals surface area contributed by atoms with E-state index in [1.807, 2.05) is 18.7 Å². The third-order valence-electron chi connectivity index (χ3n) is 5.41. The average molecular weight is 453 g/mol. The third kappa shape index (κ3) is 4.63. The van der Waals surface area contributed by atoms with Crippen molar-refractivity contribution in [1.29, 1.82) is 0 Å². The van der Waals surface area contributed by atoms with E-state index in [9.17, 15) is 9.59 Å². The Morgan fingerprint density at radius 1 is 1.10 bits per heavy atom. The van der Waals surface area contributed by atoms with E-state index in [4.69, 9.17) is 27.7 Å². The van der Waals surface area contributed by atoms with Crippen molar-refractivity contribution < 1.29 is 14.1 Å². The van der Waals surface area contributed by atoms with Gasteiger partial charge in [0.15, 0.2) is 0 Å². The molecule has 1 fully saturated rings. The Labute approximate surface area is 186 Å². The van der Waals surface area contributed by atoms with Gasteiger partial charge in [0.1, 0.15) is 17.0 Å². The predicted molar refractivity (Wildman–Crippen MR) is 117 cm³/mol. The van der Waals surface area contributed by atoms with E-state index < -0.39 is 0 Å². The summed E-state index contributed by atoms with van der Waals surface area (Å²) in [5, 5.41) is 4.88. The fourth-order valence-corrected chi connectivity index (χ4v) is 4.23. The van der Waals surface area contributed by atoms with E-state index >= 15 is 0 Å². The number of likely N-dealkylation sites (N-methyl/N-ethyl adjacent to an activating group) is 1. The van der Waals surface area contributed by atoms with Crippen molar-refractivity contribution in [3.8, 4) is 11.3 Å². The highest BCUT2D eigenvalue weighted by Gasteiger charge is 2.30. The van der Waals surface area contributed by atoms with Gasteiger partial charge in [0.05, 0.1) is 16.6 Å². The lowest BCUT2D eigenvalue weighted by Crippen LogP contribution is -2.51. The number of nitrogens with zero attached hydrogens (tertiary/aromatic N) is 4. The first-order valence-electron chi connectivity index (χ1n) is 10.1. The van der Waals surface area contributed by atoms with Crippen molar-refractivity contribution in [1.82, 2.24) is 19.9 Å². The zero-order chi connectivity index (χ0) is 21.8. The molecular weight excluding hydrogens is 427 g/mol.